The van der Waals surface area contributed by atoms with Crippen LogP contribution in [0.15, 0.2) is 42.5 Å². The second kappa shape index (κ2) is 7.52. The molecule has 2 heterocycles. The number of hydrogen-bond donors (Lipinski definition) is 1. The molecule has 6 nitrogen and oxygen atoms in total. The Morgan fingerprint density at radius 1 is 1.18 bits per heavy atom. The third-order valence-electron chi connectivity index (χ3n) is 4.64. The number of nitrogens with one attached hydrogen (secondary N) is 1. The van der Waals surface area contributed by atoms with E-state index in [1.807, 2.05) is 56.3 Å². The van der Waals surface area contributed by atoms with Crippen molar-refractivity contribution in [3.05, 3.63) is 58.5 Å². The summed E-state index contributed by atoms with van der Waals surface area (Å²) in [7, 11) is 0. The molecule has 2 aromatic carbocycles. The van der Waals surface area contributed by atoms with Crippen molar-refractivity contribution in [2.24, 2.45) is 0 Å². The van der Waals surface area contributed by atoms with Crippen LogP contribution in [-0.2, 0) is 9.53 Å². The number of carbonyl (C=O) groups excluding carboxylic acids is 2. The van der Waals surface area contributed by atoms with Crippen molar-refractivity contribution in [2.45, 2.75) is 19.9 Å². The van der Waals surface area contributed by atoms with Crippen LogP contribution in [0.5, 0.6) is 11.5 Å². The van der Waals surface area contributed by atoms with Gasteiger partial charge >= 0.3 is 5.97 Å². The standard InChI is InChI=1S/C21H19NO5S/c1-12-15-5-3-4-6-18(15)28-20(12)21(24)25-10-19(23)22-13(2)14-7-8-16-17(9-14)27-11-26-16/h3-9,13H,10-11H2,1-2H3,(H,22,23)/t13-/m0/s1. The first-order valence-electron chi connectivity index (χ1n) is 8.87. The van der Waals surface area contributed by atoms with Gasteiger partial charge in [0.05, 0.1) is 6.04 Å². The van der Waals surface area contributed by atoms with Crippen LogP contribution in [-0.4, -0.2) is 25.3 Å². The zero-order valence-electron chi connectivity index (χ0n) is 15.5. The van der Waals surface area contributed by atoms with Crippen molar-refractivity contribution in [1.82, 2.24) is 5.32 Å². The minimum absolute atomic E-state index is 0.201. The van der Waals surface area contributed by atoms with Crippen LogP contribution < -0.4 is 14.8 Å². The fourth-order valence-corrected chi connectivity index (χ4v) is 4.22. The highest BCUT2D eigenvalue weighted by Gasteiger charge is 2.20. The van der Waals surface area contributed by atoms with Gasteiger partial charge < -0.3 is 19.5 Å². The summed E-state index contributed by atoms with van der Waals surface area (Å²) in [6, 6.07) is 13.0. The number of thiophene rings is 1. The van der Waals surface area contributed by atoms with Crippen LogP contribution in [0.2, 0.25) is 0 Å². The van der Waals surface area contributed by atoms with E-state index in [2.05, 4.69) is 5.32 Å². The summed E-state index contributed by atoms with van der Waals surface area (Å²) in [6.07, 6.45) is 0. The van der Waals surface area contributed by atoms with Crippen LogP contribution in [0.1, 0.15) is 33.8 Å². The molecule has 4 rings (SSSR count). The van der Waals surface area contributed by atoms with E-state index in [-0.39, 0.29) is 25.3 Å². The fourth-order valence-electron chi connectivity index (χ4n) is 3.11. The van der Waals surface area contributed by atoms with E-state index in [9.17, 15) is 9.59 Å². The van der Waals surface area contributed by atoms with Crippen molar-refractivity contribution in [2.75, 3.05) is 13.4 Å². The minimum atomic E-state index is -0.482. The highest BCUT2D eigenvalue weighted by molar-refractivity contribution is 7.21. The van der Waals surface area contributed by atoms with Crippen molar-refractivity contribution in [3.8, 4) is 11.5 Å². The maximum absolute atomic E-state index is 12.4. The molecular formula is C21H19NO5S. The van der Waals surface area contributed by atoms with Gasteiger partial charge in [0.15, 0.2) is 18.1 Å². The average Bonchev–Trinajstić information content (AvgIpc) is 3.30. The van der Waals surface area contributed by atoms with Gasteiger partial charge in [-0.3, -0.25) is 4.79 Å². The van der Waals surface area contributed by atoms with E-state index in [0.29, 0.717) is 16.4 Å². The molecule has 1 aliphatic rings. The fraction of sp³-hybridized carbons (Fsp3) is 0.238. The van der Waals surface area contributed by atoms with E-state index in [4.69, 9.17) is 14.2 Å². The maximum Gasteiger partial charge on any atom is 0.349 e. The lowest BCUT2D eigenvalue weighted by Gasteiger charge is -2.15. The number of hydrogen-bond acceptors (Lipinski definition) is 6. The second-order valence-electron chi connectivity index (χ2n) is 6.53. The van der Waals surface area contributed by atoms with Gasteiger partial charge in [-0.05, 0) is 48.6 Å². The van der Waals surface area contributed by atoms with Crippen molar-refractivity contribution >= 4 is 33.3 Å². The number of fused-ring (bicyclic) bond motifs is 2. The lowest BCUT2D eigenvalue weighted by Crippen LogP contribution is -2.31. The molecule has 1 aliphatic heterocycles. The third-order valence-corrected chi connectivity index (χ3v) is 5.89. The Bertz CT molecular complexity index is 1060. The summed E-state index contributed by atoms with van der Waals surface area (Å²) in [5, 5.41) is 3.85. The lowest BCUT2D eigenvalue weighted by atomic mass is 10.1. The van der Waals surface area contributed by atoms with Crippen LogP contribution >= 0.6 is 11.3 Å². The lowest BCUT2D eigenvalue weighted by molar-refractivity contribution is -0.124. The molecule has 1 atom stereocenters. The van der Waals surface area contributed by atoms with Gasteiger partial charge in [-0.25, -0.2) is 4.79 Å². The van der Waals surface area contributed by atoms with Gasteiger partial charge in [0.1, 0.15) is 4.88 Å². The average molecular weight is 397 g/mol. The Labute approximate surface area is 166 Å². The van der Waals surface area contributed by atoms with Crippen LogP contribution in [0, 0.1) is 6.92 Å². The number of carbonyl (C=O) groups is 2. The molecule has 0 unspecified atom stereocenters. The van der Waals surface area contributed by atoms with Gasteiger partial charge in [0.2, 0.25) is 6.79 Å². The van der Waals surface area contributed by atoms with Gasteiger partial charge in [-0.15, -0.1) is 11.3 Å². The Balaban J connectivity index is 1.36. The highest BCUT2D eigenvalue weighted by atomic mass is 32.1. The molecule has 0 spiro atoms. The SMILES string of the molecule is Cc1c(C(=O)OCC(=O)N[C@@H](C)c2ccc3c(c2)OCO3)sc2ccccc12. The number of aryl methyl sites for hydroxylation is 1. The molecular weight excluding hydrogens is 378 g/mol. The van der Waals surface area contributed by atoms with E-state index < -0.39 is 5.97 Å². The minimum Gasteiger partial charge on any atom is -0.454 e. The van der Waals surface area contributed by atoms with E-state index >= 15 is 0 Å². The summed E-state index contributed by atoms with van der Waals surface area (Å²) in [4.78, 5) is 25.1. The number of rotatable bonds is 5. The number of esters is 1. The van der Waals surface area contributed by atoms with Crippen LogP contribution in [0.25, 0.3) is 10.1 Å². The zero-order chi connectivity index (χ0) is 19.7. The molecule has 0 saturated heterocycles. The zero-order valence-corrected chi connectivity index (χ0v) is 16.3. The Kier molecular flexibility index (Phi) is 4.92. The molecule has 28 heavy (non-hydrogen) atoms. The molecule has 144 valence electrons. The Hall–Kier alpha value is -3.06. The second-order valence-corrected chi connectivity index (χ2v) is 7.58. The first-order valence-corrected chi connectivity index (χ1v) is 9.69. The topological polar surface area (TPSA) is 73.9 Å². The first-order chi connectivity index (χ1) is 13.5. The summed E-state index contributed by atoms with van der Waals surface area (Å²) in [5.74, 6) is 0.502. The molecule has 1 N–H and O–H groups in total. The quantitative estimate of drug-likeness (QED) is 0.660. The summed E-state index contributed by atoms with van der Waals surface area (Å²) in [6.45, 7) is 3.61. The molecule has 0 aliphatic carbocycles. The van der Waals surface area contributed by atoms with Crippen LogP contribution in [0.4, 0.5) is 0 Å². The highest BCUT2D eigenvalue weighted by Crippen LogP contribution is 2.34. The Morgan fingerprint density at radius 3 is 2.79 bits per heavy atom. The van der Waals surface area contributed by atoms with Gasteiger partial charge in [-0.1, -0.05) is 24.3 Å². The predicted molar refractivity (Wildman–Crippen MR) is 106 cm³/mol. The predicted octanol–water partition coefficient (Wildman–Crippen LogP) is 3.97. The van der Waals surface area contributed by atoms with Crippen molar-refractivity contribution in [3.63, 3.8) is 0 Å². The molecule has 3 aromatic rings. The van der Waals surface area contributed by atoms with Crippen molar-refractivity contribution < 1.29 is 23.8 Å². The molecule has 0 radical (unpaired) electrons. The summed E-state index contributed by atoms with van der Waals surface area (Å²) in [5.41, 5.74) is 1.75. The monoisotopic (exact) mass is 397 g/mol. The summed E-state index contributed by atoms with van der Waals surface area (Å²) >= 11 is 1.37. The largest absolute Gasteiger partial charge is 0.454 e. The van der Waals surface area contributed by atoms with Gasteiger partial charge in [-0.2, -0.15) is 0 Å². The third kappa shape index (κ3) is 3.53. The van der Waals surface area contributed by atoms with Gasteiger partial charge in [0, 0.05) is 4.70 Å². The molecule has 0 fully saturated rings. The van der Waals surface area contributed by atoms with E-state index in [1.165, 1.54) is 11.3 Å². The maximum atomic E-state index is 12.4. The molecule has 0 saturated carbocycles. The molecule has 0 bridgehead atoms. The number of amides is 1. The smallest absolute Gasteiger partial charge is 0.349 e. The number of benzene rings is 2. The molecule has 1 amide bonds. The number of ether oxygens (including phenoxy) is 3. The normalized spacial score (nSPS) is 13.4. The van der Waals surface area contributed by atoms with E-state index in [1.54, 1.807) is 0 Å². The molecule has 1 aromatic heterocycles. The molecule has 7 heteroatoms. The Morgan fingerprint density at radius 2 is 1.96 bits per heavy atom. The first kappa shape index (κ1) is 18.3. The summed E-state index contributed by atoms with van der Waals surface area (Å²) < 4.78 is 16.9. The van der Waals surface area contributed by atoms with Gasteiger partial charge in [0.25, 0.3) is 5.91 Å². The van der Waals surface area contributed by atoms with Crippen molar-refractivity contribution in [1.29, 1.82) is 0 Å². The van der Waals surface area contributed by atoms with E-state index in [0.717, 1.165) is 21.2 Å². The van der Waals surface area contributed by atoms with Crippen LogP contribution in [0.3, 0.4) is 0 Å².